The number of amides is 3. The molecule has 3 amide bonds. The molecule has 0 spiro atoms. The van der Waals surface area contributed by atoms with Crippen molar-refractivity contribution in [1.29, 1.82) is 0 Å². The third kappa shape index (κ3) is 5.12. The summed E-state index contributed by atoms with van der Waals surface area (Å²) in [6, 6.07) is 19.2. The van der Waals surface area contributed by atoms with E-state index in [4.69, 9.17) is 4.74 Å². The first-order valence-electron chi connectivity index (χ1n) is 12.5. The molecule has 11 nitrogen and oxygen atoms in total. The highest BCUT2D eigenvalue weighted by Crippen LogP contribution is 2.54. The van der Waals surface area contributed by atoms with Gasteiger partial charge in [-0.2, -0.15) is 0 Å². The topological polar surface area (TPSA) is 152 Å². The number of nitrogens with zero attached hydrogens (tertiary/aromatic N) is 2. The van der Waals surface area contributed by atoms with Gasteiger partial charge in [0.05, 0.1) is 21.6 Å². The number of non-ortho nitro benzene ring substituents is 1. The molecular formula is C28H19BrN4O7S2. The lowest BCUT2D eigenvalue weighted by Gasteiger charge is -2.31. The molecule has 4 aromatic rings. The number of hydrogen-bond acceptors (Lipinski definition) is 9. The molecule has 42 heavy (non-hydrogen) atoms. The van der Waals surface area contributed by atoms with Gasteiger partial charge >= 0.3 is 4.87 Å². The third-order valence-corrected chi connectivity index (χ3v) is 9.76. The van der Waals surface area contributed by atoms with Crippen molar-refractivity contribution >= 4 is 73.8 Å². The number of fused-ring (bicyclic) bond motifs is 2. The number of nitro benzene ring substituents is 1. The molecule has 0 aliphatic carbocycles. The summed E-state index contributed by atoms with van der Waals surface area (Å²) < 4.78 is 6.63. The fraction of sp³-hybridized carbons (Fsp3) is 0.143. The van der Waals surface area contributed by atoms with Crippen molar-refractivity contribution in [3.63, 3.8) is 0 Å². The zero-order valence-electron chi connectivity index (χ0n) is 21.3. The van der Waals surface area contributed by atoms with Crippen LogP contribution in [0.5, 0.6) is 5.75 Å². The summed E-state index contributed by atoms with van der Waals surface area (Å²) in [5, 5.41) is 13.5. The van der Waals surface area contributed by atoms with Crippen molar-refractivity contribution in [3.05, 3.63) is 107 Å². The molecule has 0 bridgehead atoms. The number of anilines is 2. The molecule has 0 radical (unpaired) electrons. The molecule has 3 unspecified atom stereocenters. The number of nitrogens with one attached hydrogen (secondary N) is 2. The molecule has 14 heteroatoms. The molecule has 212 valence electrons. The van der Waals surface area contributed by atoms with Gasteiger partial charge in [0, 0.05) is 38.7 Å². The van der Waals surface area contributed by atoms with Crippen molar-refractivity contribution < 1.29 is 24.0 Å². The summed E-state index contributed by atoms with van der Waals surface area (Å²) in [5.41, 5.74) is 1.17. The number of thiazole rings is 1. The Balaban J connectivity index is 1.37. The zero-order valence-corrected chi connectivity index (χ0v) is 24.5. The van der Waals surface area contributed by atoms with Crippen molar-refractivity contribution in [2.75, 3.05) is 16.8 Å². The monoisotopic (exact) mass is 666 g/mol. The van der Waals surface area contributed by atoms with Gasteiger partial charge in [-0.1, -0.05) is 57.2 Å². The Labute approximate surface area is 254 Å². The SMILES string of the molecule is O=C(COc1ccc(Br)cc1C1c2sc(=O)[nH]c2SC2C(=O)N(c3ccc([N+](=O)[O-])cc3)C(=O)C21)Nc1ccccc1. The van der Waals surface area contributed by atoms with Crippen LogP contribution in [0.4, 0.5) is 17.1 Å². The van der Waals surface area contributed by atoms with Crippen LogP contribution in [0.25, 0.3) is 0 Å². The molecule has 3 aromatic carbocycles. The highest BCUT2D eigenvalue weighted by atomic mass is 79.9. The minimum atomic E-state index is -0.911. The molecule has 0 saturated carbocycles. The van der Waals surface area contributed by atoms with Crippen molar-refractivity contribution in [2.45, 2.75) is 16.2 Å². The number of carbonyl (C=O) groups excluding carboxylic acids is 3. The standard InChI is InChI=1S/C28H19BrN4O7S2/c29-14-6-11-19(40-13-20(34)30-15-4-2-1-3-5-15)18(12-14)21-22-24(41-25-23(21)42-28(37)31-25)27(36)32(26(22)35)16-7-9-17(10-8-16)33(38)39/h1-12,21-22,24H,13H2,(H,30,34)(H,31,37). The molecule has 2 N–H and O–H groups in total. The average molecular weight is 668 g/mol. The maximum atomic E-state index is 14.0. The minimum absolute atomic E-state index is 0.172. The molecule has 2 aliphatic rings. The van der Waals surface area contributed by atoms with E-state index in [1.54, 1.807) is 42.5 Å². The van der Waals surface area contributed by atoms with Gasteiger partial charge in [-0.15, -0.1) is 0 Å². The van der Waals surface area contributed by atoms with Crippen molar-refractivity contribution in [3.8, 4) is 5.75 Å². The van der Waals surface area contributed by atoms with Gasteiger partial charge in [0.25, 0.3) is 11.6 Å². The number of hydrogen-bond donors (Lipinski definition) is 2. The molecule has 2 aliphatic heterocycles. The molecule has 3 heterocycles. The average Bonchev–Trinajstić information content (AvgIpc) is 3.47. The molecule has 6 rings (SSSR count). The van der Waals surface area contributed by atoms with E-state index in [2.05, 4.69) is 26.2 Å². The Kier molecular flexibility index (Phi) is 7.43. The minimum Gasteiger partial charge on any atom is -0.483 e. The van der Waals surface area contributed by atoms with Crippen LogP contribution in [0.1, 0.15) is 16.4 Å². The number of thioether (sulfide) groups is 1. The van der Waals surface area contributed by atoms with Crippen molar-refractivity contribution in [2.24, 2.45) is 5.92 Å². The highest BCUT2D eigenvalue weighted by molar-refractivity contribution is 9.10. The van der Waals surface area contributed by atoms with E-state index in [0.717, 1.165) is 28.0 Å². The van der Waals surface area contributed by atoms with Crippen LogP contribution >= 0.6 is 39.0 Å². The number of benzene rings is 3. The molecular weight excluding hydrogens is 648 g/mol. The van der Waals surface area contributed by atoms with Gasteiger partial charge < -0.3 is 15.0 Å². The number of para-hydroxylation sites is 1. The van der Waals surface area contributed by atoms with E-state index in [-0.39, 0.29) is 22.9 Å². The van der Waals surface area contributed by atoms with E-state index in [0.29, 0.717) is 31.4 Å². The maximum absolute atomic E-state index is 14.0. The van der Waals surface area contributed by atoms with Crippen LogP contribution in [0.15, 0.2) is 87.1 Å². The fourth-order valence-electron chi connectivity index (χ4n) is 5.09. The number of ether oxygens (including phenoxy) is 1. The van der Waals surface area contributed by atoms with Crippen LogP contribution in [0.3, 0.4) is 0 Å². The molecule has 1 saturated heterocycles. The fourth-order valence-corrected chi connectivity index (χ4v) is 7.97. The predicted molar refractivity (Wildman–Crippen MR) is 160 cm³/mol. The van der Waals surface area contributed by atoms with Gasteiger partial charge in [-0.25, -0.2) is 4.90 Å². The second kappa shape index (κ2) is 11.2. The highest BCUT2D eigenvalue weighted by Gasteiger charge is 2.57. The number of rotatable bonds is 7. The number of carbonyl (C=O) groups is 3. The second-order valence-corrected chi connectivity index (χ2v) is 12.5. The summed E-state index contributed by atoms with van der Waals surface area (Å²) in [4.78, 5) is 67.4. The summed E-state index contributed by atoms with van der Waals surface area (Å²) in [5.74, 6) is -2.74. The van der Waals surface area contributed by atoms with Gasteiger partial charge in [0.15, 0.2) is 6.61 Å². The lowest BCUT2D eigenvalue weighted by atomic mass is 9.82. The van der Waals surface area contributed by atoms with Crippen LogP contribution < -0.4 is 19.8 Å². The number of nitro groups is 1. The normalized spacial score (nSPS) is 19.3. The first-order chi connectivity index (χ1) is 20.2. The Hall–Kier alpha value is -4.27. The third-order valence-electron chi connectivity index (χ3n) is 6.87. The molecule has 1 aromatic heterocycles. The zero-order chi connectivity index (χ0) is 29.5. The summed E-state index contributed by atoms with van der Waals surface area (Å²) in [6.45, 7) is -0.322. The van der Waals surface area contributed by atoms with E-state index >= 15 is 0 Å². The first kappa shape index (κ1) is 27.9. The Morgan fingerprint density at radius 3 is 2.50 bits per heavy atom. The lowest BCUT2D eigenvalue weighted by molar-refractivity contribution is -0.384. The lowest BCUT2D eigenvalue weighted by Crippen LogP contribution is -2.32. The predicted octanol–water partition coefficient (Wildman–Crippen LogP) is 4.92. The number of H-pyrrole nitrogens is 1. The van der Waals surface area contributed by atoms with E-state index < -0.39 is 39.7 Å². The van der Waals surface area contributed by atoms with E-state index in [9.17, 15) is 29.3 Å². The summed E-state index contributed by atoms with van der Waals surface area (Å²) >= 11 is 5.54. The number of aromatic amines is 1. The van der Waals surface area contributed by atoms with Gasteiger partial charge in [-0.3, -0.25) is 29.3 Å². The second-order valence-electron chi connectivity index (χ2n) is 9.42. The summed E-state index contributed by atoms with van der Waals surface area (Å²) in [7, 11) is 0. The van der Waals surface area contributed by atoms with Crippen molar-refractivity contribution in [1.82, 2.24) is 4.98 Å². The Morgan fingerprint density at radius 1 is 1.05 bits per heavy atom. The number of aromatic nitrogens is 1. The molecule has 1 fully saturated rings. The van der Waals surface area contributed by atoms with Crippen LogP contribution in [-0.4, -0.2) is 39.5 Å². The van der Waals surface area contributed by atoms with Gasteiger partial charge in [0.1, 0.15) is 11.0 Å². The number of imide groups is 1. The first-order valence-corrected chi connectivity index (χ1v) is 15.0. The number of halogens is 1. The van der Waals surface area contributed by atoms with Crippen LogP contribution in [0, 0.1) is 16.0 Å². The van der Waals surface area contributed by atoms with Crippen LogP contribution in [0.2, 0.25) is 0 Å². The van der Waals surface area contributed by atoms with E-state index in [1.807, 2.05) is 6.07 Å². The van der Waals surface area contributed by atoms with Gasteiger partial charge in [-0.05, 0) is 42.5 Å². The molecule has 3 atom stereocenters. The smallest absolute Gasteiger partial charge is 0.305 e. The maximum Gasteiger partial charge on any atom is 0.305 e. The Morgan fingerprint density at radius 2 is 1.79 bits per heavy atom. The Bertz CT molecular complexity index is 1790. The quantitative estimate of drug-likeness (QED) is 0.160. The largest absolute Gasteiger partial charge is 0.483 e. The van der Waals surface area contributed by atoms with Gasteiger partial charge in [0.2, 0.25) is 11.8 Å². The van der Waals surface area contributed by atoms with Crippen LogP contribution in [-0.2, 0) is 14.4 Å². The summed E-state index contributed by atoms with van der Waals surface area (Å²) in [6.07, 6.45) is 0. The van der Waals surface area contributed by atoms with E-state index in [1.165, 1.54) is 24.3 Å².